The van der Waals surface area contributed by atoms with E-state index in [9.17, 15) is 4.79 Å². The van der Waals surface area contributed by atoms with Gasteiger partial charge < -0.3 is 0 Å². The number of hydrogen-bond donors (Lipinski definition) is 0. The van der Waals surface area contributed by atoms with Gasteiger partial charge in [0.25, 0.3) is 0 Å². The Balaban J connectivity index is 1.89. The van der Waals surface area contributed by atoms with Crippen LogP contribution >= 0.6 is 11.6 Å². The molecule has 0 atom stereocenters. The summed E-state index contributed by atoms with van der Waals surface area (Å²) in [7, 11) is 0. The number of aryl methyl sites for hydroxylation is 1. The molecule has 0 radical (unpaired) electrons. The van der Waals surface area contributed by atoms with E-state index in [0.717, 1.165) is 16.7 Å². The zero-order valence-electron chi connectivity index (χ0n) is 12.2. The van der Waals surface area contributed by atoms with Crippen LogP contribution in [0.25, 0.3) is 11.1 Å². The van der Waals surface area contributed by atoms with E-state index in [1.165, 1.54) is 0 Å². The van der Waals surface area contributed by atoms with Gasteiger partial charge in [-0.1, -0.05) is 78.3 Å². The second-order valence-electron chi connectivity index (χ2n) is 5.24. The lowest BCUT2D eigenvalue weighted by molar-refractivity contribution is 0.103. The number of carbonyl (C=O) groups is 1. The van der Waals surface area contributed by atoms with Crippen LogP contribution in [0.15, 0.2) is 72.8 Å². The fourth-order valence-corrected chi connectivity index (χ4v) is 2.53. The summed E-state index contributed by atoms with van der Waals surface area (Å²) >= 11 is 6.10. The minimum absolute atomic E-state index is 0.0125. The lowest BCUT2D eigenvalue weighted by atomic mass is 9.99. The maximum absolute atomic E-state index is 12.5. The first-order valence-electron chi connectivity index (χ1n) is 7.11. The Hall–Kier alpha value is -2.38. The molecule has 0 saturated carbocycles. The van der Waals surface area contributed by atoms with Crippen LogP contribution in [0.5, 0.6) is 0 Å². The predicted octanol–water partition coefficient (Wildman–Crippen LogP) is 5.55. The number of rotatable bonds is 3. The number of ketones is 1. The van der Waals surface area contributed by atoms with E-state index in [1.54, 1.807) is 6.07 Å². The van der Waals surface area contributed by atoms with Crippen molar-refractivity contribution in [3.63, 3.8) is 0 Å². The number of benzene rings is 3. The largest absolute Gasteiger partial charge is 0.289 e. The van der Waals surface area contributed by atoms with E-state index in [-0.39, 0.29) is 5.78 Å². The molecule has 0 amide bonds. The number of hydrogen-bond acceptors (Lipinski definition) is 1. The Morgan fingerprint density at radius 3 is 2.00 bits per heavy atom. The molecule has 3 aromatic carbocycles. The maximum atomic E-state index is 12.5. The summed E-state index contributed by atoms with van der Waals surface area (Å²) in [5, 5.41) is 0.617. The summed E-state index contributed by atoms with van der Waals surface area (Å²) in [6.07, 6.45) is 0. The van der Waals surface area contributed by atoms with Crippen LogP contribution in [0, 0.1) is 6.92 Å². The average Bonchev–Trinajstić information content (AvgIpc) is 2.58. The van der Waals surface area contributed by atoms with Crippen molar-refractivity contribution in [3.8, 4) is 11.1 Å². The van der Waals surface area contributed by atoms with Gasteiger partial charge in [0.15, 0.2) is 5.78 Å². The average molecular weight is 307 g/mol. The molecule has 0 aliphatic heterocycles. The second kappa shape index (κ2) is 6.17. The Labute approximate surface area is 135 Å². The number of carbonyl (C=O) groups excluding carboxylic acids is 1. The van der Waals surface area contributed by atoms with Crippen molar-refractivity contribution in [1.29, 1.82) is 0 Å². The van der Waals surface area contributed by atoms with Crippen molar-refractivity contribution < 1.29 is 4.79 Å². The van der Waals surface area contributed by atoms with Crippen molar-refractivity contribution in [2.45, 2.75) is 6.92 Å². The van der Waals surface area contributed by atoms with Gasteiger partial charge in [-0.05, 0) is 29.7 Å². The molecule has 0 saturated heterocycles. The molecule has 22 heavy (non-hydrogen) atoms. The summed E-state index contributed by atoms with van der Waals surface area (Å²) in [4.78, 5) is 12.5. The third-order valence-corrected chi connectivity index (χ3v) is 4.10. The smallest absolute Gasteiger partial charge is 0.193 e. The van der Waals surface area contributed by atoms with E-state index in [0.29, 0.717) is 16.1 Å². The van der Waals surface area contributed by atoms with Crippen molar-refractivity contribution in [3.05, 3.63) is 94.5 Å². The molecule has 0 heterocycles. The highest BCUT2D eigenvalue weighted by atomic mass is 35.5. The van der Waals surface area contributed by atoms with Crippen LogP contribution in [0.4, 0.5) is 0 Å². The zero-order valence-corrected chi connectivity index (χ0v) is 13.0. The van der Waals surface area contributed by atoms with Gasteiger partial charge in [-0.15, -0.1) is 0 Å². The molecule has 1 nitrogen and oxygen atoms in total. The van der Waals surface area contributed by atoms with E-state index in [2.05, 4.69) is 12.1 Å². The predicted molar refractivity (Wildman–Crippen MR) is 91.5 cm³/mol. The molecular weight excluding hydrogens is 292 g/mol. The van der Waals surface area contributed by atoms with E-state index >= 15 is 0 Å². The lowest BCUT2D eigenvalue weighted by Gasteiger charge is -2.06. The molecular formula is C20H15ClO. The van der Waals surface area contributed by atoms with Gasteiger partial charge in [-0.3, -0.25) is 4.79 Å². The molecule has 2 heteroatoms. The summed E-state index contributed by atoms with van der Waals surface area (Å²) in [6, 6.07) is 23.2. The summed E-state index contributed by atoms with van der Waals surface area (Å²) in [6.45, 7) is 1.92. The molecule has 0 spiro atoms. The topological polar surface area (TPSA) is 17.1 Å². The fraction of sp³-hybridized carbons (Fsp3) is 0.0500. The van der Waals surface area contributed by atoms with Gasteiger partial charge in [0.1, 0.15) is 0 Å². The molecule has 0 aliphatic carbocycles. The van der Waals surface area contributed by atoms with Crippen molar-refractivity contribution in [1.82, 2.24) is 0 Å². The zero-order chi connectivity index (χ0) is 15.5. The third-order valence-electron chi connectivity index (χ3n) is 3.69. The highest BCUT2D eigenvalue weighted by molar-refractivity contribution is 6.31. The first-order chi connectivity index (χ1) is 10.6. The van der Waals surface area contributed by atoms with Crippen LogP contribution in [0.1, 0.15) is 21.5 Å². The van der Waals surface area contributed by atoms with E-state index in [4.69, 9.17) is 11.6 Å². The van der Waals surface area contributed by atoms with Gasteiger partial charge in [0.05, 0.1) is 0 Å². The standard InChI is InChI=1S/C20H15ClO/c1-14-7-8-18(13-19(14)21)20(22)17-11-9-16(10-12-17)15-5-3-2-4-6-15/h2-13H,1H3. The Morgan fingerprint density at radius 1 is 0.773 bits per heavy atom. The van der Waals surface area contributed by atoms with Crippen LogP contribution in [0.2, 0.25) is 5.02 Å². The van der Waals surface area contributed by atoms with Gasteiger partial charge >= 0.3 is 0 Å². The molecule has 0 aromatic heterocycles. The van der Waals surface area contributed by atoms with Gasteiger partial charge in [-0.2, -0.15) is 0 Å². The second-order valence-corrected chi connectivity index (χ2v) is 5.64. The van der Waals surface area contributed by atoms with Gasteiger partial charge in [-0.25, -0.2) is 0 Å². The maximum Gasteiger partial charge on any atom is 0.193 e. The quantitative estimate of drug-likeness (QED) is 0.580. The van der Waals surface area contributed by atoms with Crippen molar-refractivity contribution in [2.75, 3.05) is 0 Å². The third kappa shape index (κ3) is 2.95. The molecule has 0 aliphatic rings. The van der Waals surface area contributed by atoms with Crippen LogP contribution in [-0.4, -0.2) is 5.78 Å². The molecule has 0 unspecified atom stereocenters. The summed E-state index contributed by atoms with van der Waals surface area (Å²) in [5.74, 6) is -0.0125. The number of halogens is 1. The molecule has 3 aromatic rings. The van der Waals surface area contributed by atoms with Crippen molar-refractivity contribution in [2.24, 2.45) is 0 Å². The SMILES string of the molecule is Cc1ccc(C(=O)c2ccc(-c3ccccc3)cc2)cc1Cl. The van der Waals surface area contributed by atoms with Crippen LogP contribution in [-0.2, 0) is 0 Å². The summed E-state index contributed by atoms with van der Waals surface area (Å²) < 4.78 is 0. The van der Waals surface area contributed by atoms with Gasteiger partial charge in [0.2, 0.25) is 0 Å². The molecule has 0 N–H and O–H groups in total. The minimum atomic E-state index is -0.0125. The van der Waals surface area contributed by atoms with Crippen LogP contribution in [0.3, 0.4) is 0 Å². The van der Waals surface area contributed by atoms with Crippen LogP contribution < -0.4 is 0 Å². The van der Waals surface area contributed by atoms with E-state index < -0.39 is 0 Å². The van der Waals surface area contributed by atoms with Gasteiger partial charge in [0, 0.05) is 16.1 Å². The highest BCUT2D eigenvalue weighted by Gasteiger charge is 2.10. The normalized spacial score (nSPS) is 10.5. The van der Waals surface area contributed by atoms with E-state index in [1.807, 2.05) is 61.5 Å². The first-order valence-corrected chi connectivity index (χ1v) is 7.49. The Morgan fingerprint density at radius 2 is 1.36 bits per heavy atom. The molecule has 108 valence electrons. The first kappa shape index (κ1) is 14.6. The highest BCUT2D eigenvalue weighted by Crippen LogP contribution is 2.22. The monoisotopic (exact) mass is 306 g/mol. The molecule has 0 bridgehead atoms. The molecule has 0 fully saturated rings. The minimum Gasteiger partial charge on any atom is -0.289 e. The Kier molecular flexibility index (Phi) is 4.08. The summed E-state index contributed by atoms with van der Waals surface area (Å²) in [5.41, 5.74) is 4.49. The van der Waals surface area contributed by atoms with Crippen molar-refractivity contribution >= 4 is 17.4 Å². The molecule has 3 rings (SSSR count). The lowest BCUT2D eigenvalue weighted by Crippen LogP contribution is -2.01. The Bertz CT molecular complexity index is 805. The fourth-order valence-electron chi connectivity index (χ4n) is 2.35.